The number of halogens is 12. The Labute approximate surface area is 483 Å². The van der Waals surface area contributed by atoms with Crippen molar-refractivity contribution in [2.75, 3.05) is 0 Å². The van der Waals surface area contributed by atoms with Crippen LogP contribution in [-0.2, 0) is 24.7 Å². The number of hydrogen-bond acceptors (Lipinski definition) is 2. The second kappa shape index (κ2) is 20.3. The van der Waals surface area contributed by atoms with Crippen molar-refractivity contribution in [1.29, 1.82) is 10.5 Å². The number of nitriles is 2. The van der Waals surface area contributed by atoms with Crippen LogP contribution in [0.4, 0.5) is 52.7 Å². The van der Waals surface area contributed by atoms with Crippen molar-refractivity contribution in [2.45, 2.75) is 52.4 Å². The van der Waals surface area contributed by atoms with Gasteiger partial charge in [0.2, 0.25) is 0 Å². The lowest BCUT2D eigenvalue weighted by Gasteiger charge is -2.19. The molecule has 0 aliphatic heterocycles. The summed E-state index contributed by atoms with van der Waals surface area (Å²) >= 11 is 0. The van der Waals surface area contributed by atoms with E-state index in [1.54, 1.807) is 96.4 Å². The van der Waals surface area contributed by atoms with Crippen LogP contribution in [0.15, 0.2) is 182 Å². The smallest absolute Gasteiger partial charge is 0.308 e. The Bertz CT molecular complexity index is 4850. The molecule has 0 fully saturated rings. The summed E-state index contributed by atoms with van der Waals surface area (Å²) < 4.78 is 176. The molecule has 2 aromatic heterocycles. The monoisotopic (exact) mass is 1170 g/mol. The molecule has 0 spiro atoms. The second-order valence-corrected chi connectivity index (χ2v) is 21.6. The van der Waals surface area contributed by atoms with Gasteiger partial charge in [0.15, 0.2) is 0 Å². The summed E-state index contributed by atoms with van der Waals surface area (Å²) in [6, 6.07) is 49.5. The van der Waals surface area contributed by atoms with Crippen molar-refractivity contribution in [1.82, 2.24) is 9.13 Å². The lowest BCUT2D eigenvalue weighted by Crippen LogP contribution is -2.11. The molecule has 10 aromatic carbocycles. The standard InChI is InChI=1S/C70H42F12N4/c1-37-16-38(2)18-47(17-37)43-8-12-61-56(28-43)57-29-44(48-19-39(3)21-52(24-48)67(71,72)73)9-13-62(57)85(61)65-32-51(42-7-5-6-41(23-42)35-83)33-66(60(65)36-84)86-63-14-10-45(49-20-40(4)22-53(25-49)68(74,75)76)30-58(63)59-31-46(11-15-64(59)86)50-26-54(69(77,78)79)34-55(27-50)70(80,81)82/h5-34H,1-4H3. The third kappa shape index (κ3) is 10.2. The van der Waals surface area contributed by atoms with E-state index in [1.807, 2.05) is 54.8 Å². The van der Waals surface area contributed by atoms with E-state index in [4.69, 9.17) is 0 Å². The molecule has 0 aliphatic rings. The fourth-order valence-electron chi connectivity index (χ4n) is 11.8. The topological polar surface area (TPSA) is 57.4 Å². The van der Waals surface area contributed by atoms with Crippen molar-refractivity contribution in [3.8, 4) is 79.1 Å². The Hall–Kier alpha value is -10.1. The SMILES string of the molecule is Cc1cc(C)cc(-c2ccc3c(c2)c2cc(-c4cc(C)cc(C(F)(F)F)c4)ccc2n3-c2cc(-c3cccc(C#N)c3)cc(-n3c4ccc(-c5cc(C)cc(C(F)(F)F)c5)cc4c4cc(-c5cc(C(F)(F)F)cc(C(F)(F)F)c5)ccc43)c2C#N)c1. The number of nitrogens with zero attached hydrogens (tertiary/aromatic N) is 4. The van der Waals surface area contributed by atoms with Gasteiger partial charge in [-0.1, -0.05) is 77.9 Å². The number of benzene rings is 10. The van der Waals surface area contributed by atoms with Gasteiger partial charge in [0.1, 0.15) is 11.6 Å². The van der Waals surface area contributed by atoms with Crippen molar-refractivity contribution in [3.63, 3.8) is 0 Å². The van der Waals surface area contributed by atoms with Crippen LogP contribution in [0, 0.1) is 50.4 Å². The molecule has 0 N–H and O–H groups in total. The molecule has 12 aromatic rings. The normalized spacial score (nSPS) is 12.4. The molecule has 0 unspecified atom stereocenters. The molecule has 2 heterocycles. The fourth-order valence-corrected chi connectivity index (χ4v) is 11.8. The molecule has 12 rings (SSSR count). The molecule has 16 heteroatoms. The first kappa shape index (κ1) is 56.4. The Balaban J connectivity index is 1.19. The van der Waals surface area contributed by atoms with Gasteiger partial charge in [-0.15, -0.1) is 0 Å². The van der Waals surface area contributed by atoms with Crippen LogP contribution in [0.25, 0.3) is 111 Å². The maximum atomic E-state index is 14.4. The number of aromatic nitrogens is 2. The maximum Gasteiger partial charge on any atom is 0.416 e. The Kier molecular flexibility index (Phi) is 13.3. The molecular formula is C70H42F12N4. The van der Waals surface area contributed by atoms with Crippen LogP contribution in [0.2, 0.25) is 0 Å². The maximum absolute atomic E-state index is 14.4. The second-order valence-electron chi connectivity index (χ2n) is 21.6. The zero-order chi connectivity index (χ0) is 61.1. The largest absolute Gasteiger partial charge is 0.416 e. The minimum Gasteiger partial charge on any atom is -0.308 e. The van der Waals surface area contributed by atoms with E-state index < -0.39 is 52.5 Å². The van der Waals surface area contributed by atoms with E-state index >= 15 is 0 Å². The number of fused-ring (bicyclic) bond motifs is 6. The van der Waals surface area contributed by atoms with Crippen LogP contribution < -0.4 is 0 Å². The van der Waals surface area contributed by atoms with Crippen LogP contribution in [-0.4, -0.2) is 9.13 Å². The summed E-state index contributed by atoms with van der Waals surface area (Å²) in [6.45, 7) is 7.02. The van der Waals surface area contributed by atoms with Gasteiger partial charge in [0, 0.05) is 21.5 Å². The van der Waals surface area contributed by atoms with Gasteiger partial charge in [-0.05, 0) is 210 Å². The predicted octanol–water partition coefficient (Wildman–Crippen LogP) is 21.3. The third-order valence-corrected chi connectivity index (χ3v) is 15.5. The molecule has 0 saturated carbocycles. The van der Waals surface area contributed by atoms with Crippen LogP contribution in [0.5, 0.6) is 0 Å². The van der Waals surface area contributed by atoms with Crippen molar-refractivity contribution in [3.05, 3.63) is 238 Å². The minimum absolute atomic E-state index is 0.0225. The Morgan fingerprint density at radius 2 is 0.593 bits per heavy atom. The molecule has 0 atom stereocenters. The van der Waals surface area contributed by atoms with Gasteiger partial charge in [-0.3, -0.25) is 0 Å². The molecule has 0 bridgehead atoms. The molecule has 426 valence electrons. The van der Waals surface area contributed by atoms with Gasteiger partial charge in [-0.25, -0.2) is 0 Å². The van der Waals surface area contributed by atoms with Crippen LogP contribution >= 0.6 is 0 Å². The molecule has 4 nitrogen and oxygen atoms in total. The number of rotatable bonds is 7. The van der Waals surface area contributed by atoms with Gasteiger partial charge in [0.25, 0.3) is 0 Å². The van der Waals surface area contributed by atoms with Gasteiger partial charge >= 0.3 is 24.7 Å². The summed E-state index contributed by atoms with van der Waals surface area (Å²) in [7, 11) is 0. The zero-order valence-electron chi connectivity index (χ0n) is 45.6. The first-order valence-electron chi connectivity index (χ1n) is 26.7. The van der Waals surface area contributed by atoms with Gasteiger partial charge < -0.3 is 9.13 Å². The van der Waals surface area contributed by atoms with Crippen LogP contribution in [0.1, 0.15) is 55.6 Å². The number of hydrogen-bond donors (Lipinski definition) is 0. The fraction of sp³-hybridized carbons (Fsp3) is 0.114. The molecule has 0 amide bonds. The highest BCUT2D eigenvalue weighted by Crippen LogP contribution is 2.46. The van der Waals surface area contributed by atoms with Crippen molar-refractivity contribution in [2.24, 2.45) is 0 Å². The molecule has 0 radical (unpaired) electrons. The van der Waals surface area contributed by atoms with E-state index in [-0.39, 0.29) is 61.7 Å². The van der Waals surface area contributed by atoms with E-state index in [0.717, 1.165) is 46.5 Å². The number of aryl methyl sites for hydroxylation is 4. The van der Waals surface area contributed by atoms with Crippen molar-refractivity contribution >= 4 is 43.6 Å². The van der Waals surface area contributed by atoms with E-state index in [1.165, 1.54) is 25.1 Å². The lowest BCUT2D eigenvalue weighted by atomic mass is 9.96. The molecular weight excluding hydrogens is 1120 g/mol. The van der Waals surface area contributed by atoms with E-state index in [2.05, 4.69) is 12.1 Å². The Morgan fingerprint density at radius 3 is 0.930 bits per heavy atom. The van der Waals surface area contributed by atoms with E-state index in [9.17, 15) is 63.2 Å². The first-order valence-corrected chi connectivity index (χ1v) is 26.7. The van der Waals surface area contributed by atoms with Gasteiger partial charge in [-0.2, -0.15) is 63.2 Å². The summed E-state index contributed by atoms with van der Waals surface area (Å²) in [5.41, 5.74) is 3.74. The highest BCUT2D eigenvalue weighted by molar-refractivity contribution is 6.14. The predicted molar refractivity (Wildman–Crippen MR) is 311 cm³/mol. The van der Waals surface area contributed by atoms with Gasteiger partial charge in [0.05, 0.1) is 67.3 Å². The lowest BCUT2D eigenvalue weighted by molar-refractivity contribution is -0.143. The minimum atomic E-state index is -5.18. The summed E-state index contributed by atoms with van der Waals surface area (Å²) in [5.74, 6) is 0. The molecule has 86 heavy (non-hydrogen) atoms. The first-order chi connectivity index (χ1) is 40.6. The Morgan fingerprint density at radius 1 is 0.291 bits per heavy atom. The average molecular weight is 1170 g/mol. The highest BCUT2D eigenvalue weighted by Gasteiger charge is 2.38. The van der Waals surface area contributed by atoms with Crippen molar-refractivity contribution < 1.29 is 52.7 Å². The summed E-state index contributed by atoms with van der Waals surface area (Å²) in [5, 5.41) is 23.7. The molecule has 0 saturated heterocycles. The zero-order valence-corrected chi connectivity index (χ0v) is 45.6. The average Bonchev–Trinajstić information content (AvgIpc) is 1.57. The summed E-state index contributed by atoms with van der Waals surface area (Å²) in [6.07, 6.45) is -19.7. The highest BCUT2D eigenvalue weighted by atomic mass is 19.4. The van der Waals surface area contributed by atoms with Crippen LogP contribution in [0.3, 0.4) is 0 Å². The molecule has 0 aliphatic carbocycles. The third-order valence-electron chi connectivity index (χ3n) is 15.5. The number of alkyl halides is 12. The summed E-state index contributed by atoms with van der Waals surface area (Å²) in [4.78, 5) is 0. The quantitative estimate of drug-likeness (QED) is 0.149. The van der Waals surface area contributed by atoms with E-state index in [0.29, 0.717) is 72.7 Å².